The second-order valence-corrected chi connectivity index (χ2v) is 3.79. The van der Waals surface area contributed by atoms with Crippen molar-refractivity contribution in [3.05, 3.63) is 29.8 Å². The zero-order chi connectivity index (χ0) is 13.5. The van der Waals surface area contributed by atoms with Gasteiger partial charge < -0.3 is 15.2 Å². The first-order valence-electron chi connectivity index (χ1n) is 5.72. The Bertz CT molecular complexity index is 431. The zero-order valence-corrected chi connectivity index (χ0v) is 10.5. The predicted octanol–water partition coefficient (Wildman–Crippen LogP) is 1.39. The Morgan fingerprint density at radius 1 is 1.39 bits per heavy atom. The van der Waals surface area contributed by atoms with E-state index in [4.69, 9.17) is 4.74 Å². The molecule has 0 aliphatic carbocycles. The highest BCUT2D eigenvalue weighted by atomic mass is 16.5. The van der Waals surface area contributed by atoms with Gasteiger partial charge in [0.05, 0.1) is 13.0 Å². The SMILES string of the molecule is CCNC(=O)CC(C(=O)O)c1ccccc1OC. The number of hydrogen-bond donors (Lipinski definition) is 2. The van der Waals surface area contributed by atoms with Gasteiger partial charge in [-0.25, -0.2) is 0 Å². The normalized spacial score (nSPS) is 11.7. The molecule has 1 atom stereocenters. The van der Waals surface area contributed by atoms with Gasteiger partial charge in [0, 0.05) is 18.5 Å². The number of carboxylic acids is 1. The lowest BCUT2D eigenvalue weighted by Crippen LogP contribution is -2.27. The second-order valence-electron chi connectivity index (χ2n) is 3.79. The van der Waals surface area contributed by atoms with E-state index in [1.54, 1.807) is 31.2 Å². The van der Waals surface area contributed by atoms with Crippen LogP contribution in [0, 0.1) is 0 Å². The minimum Gasteiger partial charge on any atom is -0.496 e. The van der Waals surface area contributed by atoms with Gasteiger partial charge >= 0.3 is 5.97 Å². The Balaban J connectivity index is 2.97. The van der Waals surface area contributed by atoms with Gasteiger partial charge in [-0.05, 0) is 13.0 Å². The summed E-state index contributed by atoms with van der Waals surface area (Å²) >= 11 is 0. The molecule has 5 nitrogen and oxygen atoms in total. The van der Waals surface area contributed by atoms with Crippen molar-refractivity contribution in [3.63, 3.8) is 0 Å². The molecule has 0 heterocycles. The molecule has 18 heavy (non-hydrogen) atoms. The maximum absolute atomic E-state index is 11.5. The summed E-state index contributed by atoms with van der Waals surface area (Å²) in [6.45, 7) is 2.27. The maximum Gasteiger partial charge on any atom is 0.311 e. The van der Waals surface area contributed by atoms with Gasteiger partial charge in [0.1, 0.15) is 5.75 Å². The monoisotopic (exact) mass is 251 g/mol. The summed E-state index contributed by atoms with van der Waals surface area (Å²) in [5, 5.41) is 11.8. The lowest BCUT2D eigenvalue weighted by Gasteiger charge is -2.15. The van der Waals surface area contributed by atoms with E-state index < -0.39 is 11.9 Å². The van der Waals surface area contributed by atoms with Crippen molar-refractivity contribution in [1.82, 2.24) is 5.32 Å². The molecule has 0 spiro atoms. The van der Waals surface area contributed by atoms with Gasteiger partial charge in [0.2, 0.25) is 5.91 Å². The Labute approximate surface area is 106 Å². The van der Waals surface area contributed by atoms with Crippen LogP contribution in [0.3, 0.4) is 0 Å². The predicted molar refractivity (Wildman–Crippen MR) is 66.7 cm³/mol. The summed E-state index contributed by atoms with van der Waals surface area (Å²) in [7, 11) is 1.48. The molecule has 0 aliphatic heterocycles. The van der Waals surface area contributed by atoms with Crippen LogP contribution in [-0.4, -0.2) is 30.6 Å². The minimum absolute atomic E-state index is 0.0937. The van der Waals surface area contributed by atoms with Gasteiger partial charge in [-0.1, -0.05) is 18.2 Å². The molecule has 0 aliphatic rings. The molecule has 1 unspecified atom stereocenters. The summed E-state index contributed by atoms with van der Waals surface area (Å²) in [5.74, 6) is -1.73. The molecule has 0 aromatic heterocycles. The number of carbonyl (C=O) groups is 2. The highest BCUT2D eigenvalue weighted by Gasteiger charge is 2.25. The largest absolute Gasteiger partial charge is 0.496 e. The highest BCUT2D eigenvalue weighted by molar-refractivity contribution is 5.86. The molecule has 5 heteroatoms. The molecule has 1 rings (SSSR count). The van der Waals surface area contributed by atoms with E-state index in [0.717, 1.165) is 0 Å². The van der Waals surface area contributed by atoms with Gasteiger partial charge in [-0.15, -0.1) is 0 Å². The summed E-state index contributed by atoms with van der Waals surface area (Å²) in [6, 6.07) is 6.83. The van der Waals surface area contributed by atoms with Crippen LogP contribution in [0.15, 0.2) is 24.3 Å². The molecule has 0 fully saturated rings. The van der Waals surface area contributed by atoms with Gasteiger partial charge in [-0.2, -0.15) is 0 Å². The van der Waals surface area contributed by atoms with E-state index in [2.05, 4.69) is 5.32 Å². The van der Waals surface area contributed by atoms with Crippen LogP contribution in [0.5, 0.6) is 5.75 Å². The third kappa shape index (κ3) is 3.48. The zero-order valence-electron chi connectivity index (χ0n) is 10.5. The standard InChI is InChI=1S/C13H17NO4/c1-3-14-12(15)8-10(13(16)17)9-6-4-5-7-11(9)18-2/h4-7,10H,3,8H2,1-2H3,(H,14,15)(H,16,17). The number of hydrogen-bond acceptors (Lipinski definition) is 3. The highest BCUT2D eigenvalue weighted by Crippen LogP contribution is 2.29. The van der Waals surface area contributed by atoms with E-state index >= 15 is 0 Å². The van der Waals surface area contributed by atoms with Gasteiger partial charge in [0.15, 0.2) is 0 Å². The average Bonchev–Trinajstić information content (AvgIpc) is 2.36. The lowest BCUT2D eigenvalue weighted by atomic mass is 9.94. The Morgan fingerprint density at radius 3 is 2.61 bits per heavy atom. The lowest BCUT2D eigenvalue weighted by molar-refractivity contribution is -0.140. The number of carbonyl (C=O) groups excluding carboxylic acids is 1. The minimum atomic E-state index is -1.04. The Morgan fingerprint density at radius 2 is 2.06 bits per heavy atom. The smallest absolute Gasteiger partial charge is 0.311 e. The van der Waals surface area contributed by atoms with Gasteiger partial charge in [-0.3, -0.25) is 9.59 Å². The first-order chi connectivity index (χ1) is 8.60. The van der Waals surface area contributed by atoms with Crippen LogP contribution in [0.25, 0.3) is 0 Å². The van der Waals surface area contributed by atoms with Crippen LogP contribution >= 0.6 is 0 Å². The number of aliphatic carboxylic acids is 1. The molecule has 1 amide bonds. The van der Waals surface area contributed by atoms with E-state index in [0.29, 0.717) is 17.9 Å². The topological polar surface area (TPSA) is 75.6 Å². The van der Waals surface area contributed by atoms with Crippen molar-refractivity contribution in [1.29, 1.82) is 0 Å². The maximum atomic E-state index is 11.5. The number of benzene rings is 1. The number of methoxy groups -OCH3 is 1. The number of rotatable bonds is 6. The molecule has 1 aromatic carbocycles. The summed E-state index contributed by atoms with van der Waals surface area (Å²) < 4.78 is 5.12. The fourth-order valence-corrected chi connectivity index (χ4v) is 1.74. The molecular formula is C13H17NO4. The number of para-hydroxylation sites is 1. The summed E-state index contributed by atoms with van der Waals surface area (Å²) in [5.41, 5.74) is 0.513. The number of carboxylic acid groups (broad SMARTS) is 1. The summed E-state index contributed by atoms with van der Waals surface area (Å²) in [6.07, 6.45) is -0.0937. The van der Waals surface area contributed by atoms with E-state index in [-0.39, 0.29) is 12.3 Å². The van der Waals surface area contributed by atoms with Crippen molar-refractivity contribution < 1.29 is 19.4 Å². The molecule has 0 radical (unpaired) electrons. The van der Waals surface area contributed by atoms with Crippen LogP contribution in [0.2, 0.25) is 0 Å². The number of nitrogens with one attached hydrogen (secondary N) is 1. The van der Waals surface area contributed by atoms with Crippen molar-refractivity contribution in [2.75, 3.05) is 13.7 Å². The van der Waals surface area contributed by atoms with Crippen molar-refractivity contribution in [2.45, 2.75) is 19.3 Å². The van der Waals surface area contributed by atoms with Crippen LogP contribution in [-0.2, 0) is 9.59 Å². The first kappa shape index (κ1) is 14.0. The third-order valence-corrected chi connectivity index (χ3v) is 2.58. The van der Waals surface area contributed by atoms with Crippen molar-refractivity contribution in [2.24, 2.45) is 0 Å². The molecule has 98 valence electrons. The number of amides is 1. The summed E-state index contributed by atoms with van der Waals surface area (Å²) in [4.78, 5) is 22.8. The second kappa shape index (κ2) is 6.64. The van der Waals surface area contributed by atoms with E-state index in [1.807, 2.05) is 0 Å². The molecule has 0 saturated heterocycles. The first-order valence-corrected chi connectivity index (χ1v) is 5.72. The van der Waals surface area contributed by atoms with Crippen molar-refractivity contribution >= 4 is 11.9 Å². The van der Waals surface area contributed by atoms with E-state index in [9.17, 15) is 14.7 Å². The molecule has 1 aromatic rings. The van der Waals surface area contributed by atoms with E-state index in [1.165, 1.54) is 7.11 Å². The Hall–Kier alpha value is -2.04. The third-order valence-electron chi connectivity index (χ3n) is 2.58. The fraction of sp³-hybridized carbons (Fsp3) is 0.385. The Kier molecular flexibility index (Phi) is 5.17. The average molecular weight is 251 g/mol. The molecule has 2 N–H and O–H groups in total. The molecule has 0 saturated carbocycles. The van der Waals surface area contributed by atoms with Crippen molar-refractivity contribution in [3.8, 4) is 5.75 Å². The quantitative estimate of drug-likeness (QED) is 0.801. The fourth-order valence-electron chi connectivity index (χ4n) is 1.74. The van der Waals surface area contributed by atoms with Crippen LogP contribution in [0.1, 0.15) is 24.8 Å². The molecule has 0 bridgehead atoms. The molecular weight excluding hydrogens is 234 g/mol. The number of ether oxygens (including phenoxy) is 1. The van der Waals surface area contributed by atoms with Crippen LogP contribution in [0.4, 0.5) is 0 Å². The van der Waals surface area contributed by atoms with Gasteiger partial charge in [0.25, 0.3) is 0 Å². The van der Waals surface area contributed by atoms with Crippen LogP contribution < -0.4 is 10.1 Å².